The van der Waals surface area contributed by atoms with Crippen molar-refractivity contribution < 1.29 is 18.0 Å². The number of fused-ring (bicyclic) bond motifs is 2. The number of carbonyl (C=O) groups is 2. The number of hydrogen-bond donors (Lipinski definition) is 2. The molecule has 2 N–H and O–H groups in total. The van der Waals surface area contributed by atoms with Crippen LogP contribution < -0.4 is 10.0 Å². The van der Waals surface area contributed by atoms with Gasteiger partial charge in [0.15, 0.2) is 0 Å². The van der Waals surface area contributed by atoms with E-state index in [1.54, 1.807) is 0 Å². The molecule has 0 fully saturated rings. The minimum Gasteiger partial charge on any atom is -0.295 e. The van der Waals surface area contributed by atoms with E-state index < -0.39 is 21.8 Å². The maximum atomic E-state index is 12.8. The van der Waals surface area contributed by atoms with Crippen LogP contribution in [0.3, 0.4) is 0 Å². The van der Waals surface area contributed by atoms with Crippen LogP contribution in [0.5, 0.6) is 0 Å². The van der Waals surface area contributed by atoms with E-state index in [-0.39, 0.29) is 28.6 Å². The molecule has 8 heteroatoms. The fourth-order valence-corrected chi connectivity index (χ4v) is 5.06. The Labute approximate surface area is 170 Å². The lowest BCUT2D eigenvalue weighted by atomic mass is 9.98. The van der Waals surface area contributed by atoms with E-state index in [9.17, 15) is 18.0 Å². The Bertz CT molecular complexity index is 1080. The predicted molar refractivity (Wildman–Crippen MR) is 108 cm³/mol. The van der Waals surface area contributed by atoms with Gasteiger partial charge in [-0.05, 0) is 42.2 Å². The Morgan fingerprint density at radius 1 is 1.07 bits per heavy atom. The highest BCUT2D eigenvalue weighted by molar-refractivity contribution is 7.89. The molecule has 2 aliphatic rings. The zero-order valence-electron chi connectivity index (χ0n) is 16.1. The van der Waals surface area contributed by atoms with Gasteiger partial charge in [0, 0.05) is 25.7 Å². The van der Waals surface area contributed by atoms with Gasteiger partial charge in [-0.15, -0.1) is 0 Å². The second kappa shape index (κ2) is 7.70. The molecule has 2 amide bonds. The number of rotatable bonds is 6. The maximum Gasteiger partial charge on any atom is 0.258 e. The fourth-order valence-electron chi connectivity index (χ4n) is 3.96. The quantitative estimate of drug-likeness (QED) is 0.703. The molecule has 0 spiro atoms. The summed E-state index contributed by atoms with van der Waals surface area (Å²) >= 11 is 0. The first kappa shape index (κ1) is 19.8. The minimum atomic E-state index is -3.80. The van der Waals surface area contributed by atoms with Gasteiger partial charge in [0.05, 0.1) is 16.0 Å². The highest BCUT2D eigenvalue weighted by atomic mass is 32.2. The van der Waals surface area contributed by atoms with Crippen molar-refractivity contribution in [1.82, 2.24) is 14.9 Å². The molecular formula is C21H23N3O4S. The summed E-state index contributed by atoms with van der Waals surface area (Å²) < 4.78 is 28.2. The molecular weight excluding hydrogens is 390 g/mol. The van der Waals surface area contributed by atoms with Crippen LogP contribution >= 0.6 is 0 Å². The molecule has 0 aliphatic carbocycles. The molecule has 0 aromatic heterocycles. The van der Waals surface area contributed by atoms with Crippen molar-refractivity contribution in [2.45, 2.75) is 37.2 Å². The molecule has 2 heterocycles. The molecule has 2 aromatic carbocycles. The highest BCUT2D eigenvalue weighted by Crippen LogP contribution is 2.23. The Hall–Kier alpha value is -2.55. The molecule has 0 saturated heterocycles. The number of imide groups is 1. The van der Waals surface area contributed by atoms with Crippen molar-refractivity contribution in [3.8, 4) is 0 Å². The van der Waals surface area contributed by atoms with Gasteiger partial charge in [0.25, 0.3) is 11.8 Å². The van der Waals surface area contributed by atoms with Crippen LogP contribution in [0.2, 0.25) is 0 Å². The average molecular weight is 413 g/mol. The van der Waals surface area contributed by atoms with Crippen LogP contribution in [0.4, 0.5) is 0 Å². The molecule has 7 nitrogen and oxygen atoms in total. The first-order valence-corrected chi connectivity index (χ1v) is 11.2. The molecule has 0 bridgehead atoms. The van der Waals surface area contributed by atoms with Gasteiger partial charge in [-0.3, -0.25) is 19.8 Å². The number of amides is 2. The van der Waals surface area contributed by atoms with E-state index >= 15 is 0 Å². The van der Waals surface area contributed by atoms with Crippen LogP contribution in [-0.2, 0) is 23.0 Å². The summed E-state index contributed by atoms with van der Waals surface area (Å²) in [4.78, 5) is 25.8. The van der Waals surface area contributed by atoms with E-state index in [4.69, 9.17) is 0 Å². The number of hydrogen-bond acceptors (Lipinski definition) is 5. The Morgan fingerprint density at radius 2 is 1.79 bits per heavy atom. The summed E-state index contributed by atoms with van der Waals surface area (Å²) in [6.07, 6.45) is 1.76. The zero-order valence-corrected chi connectivity index (χ0v) is 17.0. The average Bonchev–Trinajstić information content (AvgIpc) is 3.01. The van der Waals surface area contributed by atoms with Crippen molar-refractivity contribution in [3.05, 3.63) is 64.7 Å². The molecule has 0 saturated carbocycles. The van der Waals surface area contributed by atoms with E-state index in [2.05, 4.69) is 27.1 Å². The molecule has 2 aromatic rings. The second-order valence-corrected chi connectivity index (χ2v) is 9.16. The van der Waals surface area contributed by atoms with Crippen LogP contribution in [0.25, 0.3) is 0 Å². The highest BCUT2D eigenvalue weighted by Gasteiger charge is 2.29. The molecule has 152 valence electrons. The smallest absolute Gasteiger partial charge is 0.258 e. The molecule has 4 rings (SSSR count). The second-order valence-electron chi connectivity index (χ2n) is 7.39. The van der Waals surface area contributed by atoms with Crippen molar-refractivity contribution in [2.24, 2.45) is 0 Å². The summed E-state index contributed by atoms with van der Waals surface area (Å²) in [7, 11) is -3.80. The number of sulfonamides is 1. The lowest BCUT2D eigenvalue weighted by molar-refractivity contribution is 0.0879. The van der Waals surface area contributed by atoms with Gasteiger partial charge < -0.3 is 0 Å². The summed E-state index contributed by atoms with van der Waals surface area (Å²) in [5, 5.41) is 2.17. The lowest BCUT2D eigenvalue weighted by Gasteiger charge is -2.35. The van der Waals surface area contributed by atoms with Gasteiger partial charge >= 0.3 is 0 Å². The lowest BCUT2D eigenvalue weighted by Crippen LogP contribution is -2.45. The van der Waals surface area contributed by atoms with E-state index in [1.165, 1.54) is 29.3 Å². The molecule has 29 heavy (non-hydrogen) atoms. The van der Waals surface area contributed by atoms with Crippen molar-refractivity contribution in [3.63, 3.8) is 0 Å². The van der Waals surface area contributed by atoms with Crippen molar-refractivity contribution in [2.75, 3.05) is 13.1 Å². The number of nitrogens with zero attached hydrogens (tertiary/aromatic N) is 1. The monoisotopic (exact) mass is 413 g/mol. The third-order valence-electron chi connectivity index (χ3n) is 5.67. The fraction of sp³-hybridized carbons (Fsp3) is 0.333. The normalized spacial score (nSPS) is 17.6. The minimum absolute atomic E-state index is 0.0139. The molecule has 1 atom stereocenters. The summed E-state index contributed by atoms with van der Waals surface area (Å²) in [5.41, 5.74) is 2.93. The Kier molecular flexibility index (Phi) is 5.24. The van der Waals surface area contributed by atoms with Crippen molar-refractivity contribution >= 4 is 21.8 Å². The van der Waals surface area contributed by atoms with Crippen LogP contribution in [0, 0.1) is 0 Å². The maximum absolute atomic E-state index is 12.8. The molecule has 2 aliphatic heterocycles. The molecule has 0 radical (unpaired) electrons. The molecule has 1 unspecified atom stereocenters. The van der Waals surface area contributed by atoms with E-state index in [0.717, 1.165) is 25.9 Å². The van der Waals surface area contributed by atoms with Gasteiger partial charge in [-0.1, -0.05) is 31.2 Å². The third kappa shape index (κ3) is 3.83. The van der Waals surface area contributed by atoms with Gasteiger partial charge in [0.2, 0.25) is 10.0 Å². The number of benzene rings is 2. The van der Waals surface area contributed by atoms with E-state index in [1.807, 2.05) is 19.1 Å². The van der Waals surface area contributed by atoms with Crippen molar-refractivity contribution in [1.29, 1.82) is 0 Å². The van der Waals surface area contributed by atoms with Crippen LogP contribution in [0.15, 0.2) is 47.4 Å². The SMILES string of the molecule is CCC(CNS(=O)(=O)c1ccc2c(c1)C(=O)NC2=O)N1CCc2ccccc2C1. The topological polar surface area (TPSA) is 95.6 Å². The largest absolute Gasteiger partial charge is 0.295 e. The third-order valence-corrected chi connectivity index (χ3v) is 7.10. The Morgan fingerprint density at radius 3 is 2.55 bits per heavy atom. The van der Waals surface area contributed by atoms with Crippen LogP contribution in [0.1, 0.15) is 45.2 Å². The first-order chi connectivity index (χ1) is 13.9. The zero-order chi connectivity index (χ0) is 20.6. The van der Waals surface area contributed by atoms with Gasteiger partial charge in [0.1, 0.15) is 0 Å². The predicted octanol–water partition coefficient (Wildman–Crippen LogP) is 1.69. The summed E-state index contributed by atoms with van der Waals surface area (Å²) in [6, 6.07) is 12.4. The van der Waals surface area contributed by atoms with E-state index in [0.29, 0.717) is 0 Å². The standard InChI is InChI=1S/C21H23N3O4S/c1-2-16(24-10-9-14-5-3-4-6-15(14)13-24)12-22-29(27,28)17-7-8-18-19(11-17)21(26)23-20(18)25/h3-8,11,16,22H,2,9-10,12-13H2,1H3,(H,23,25,26). The Balaban J connectivity index is 1.47. The van der Waals surface area contributed by atoms with Gasteiger partial charge in [-0.25, -0.2) is 13.1 Å². The number of nitrogens with one attached hydrogen (secondary N) is 2. The van der Waals surface area contributed by atoms with Gasteiger partial charge in [-0.2, -0.15) is 0 Å². The number of carbonyl (C=O) groups excluding carboxylic acids is 2. The summed E-state index contributed by atoms with van der Waals surface area (Å²) in [5.74, 6) is -1.07. The summed E-state index contributed by atoms with van der Waals surface area (Å²) in [6.45, 7) is 4.02. The van der Waals surface area contributed by atoms with Crippen LogP contribution in [-0.4, -0.2) is 44.3 Å². The first-order valence-electron chi connectivity index (χ1n) is 9.69.